The monoisotopic (exact) mass is 268 g/mol. The van der Waals surface area contributed by atoms with E-state index in [0.29, 0.717) is 0 Å². The molecule has 0 saturated carbocycles. The first-order valence-corrected chi connectivity index (χ1v) is 5.82. The van der Waals surface area contributed by atoms with Gasteiger partial charge in [-0.3, -0.25) is 8.92 Å². The second-order valence-electron chi connectivity index (χ2n) is 1.15. The van der Waals surface area contributed by atoms with Gasteiger partial charge in [-0.25, -0.2) is 9.13 Å². The highest BCUT2D eigenvalue weighted by atomic mass is 31.3. The minimum Gasteiger partial charge on any atom is -0.302 e. The van der Waals surface area contributed by atoms with E-state index in [0.717, 1.165) is 0 Å². The largest absolute Gasteiger partial charge is 0.549 e. The zero-order valence-electron chi connectivity index (χ0n) is 5.22. The first kappa shape index (κ1) is 19.2. The van der Waals surface area contributed by atoms with Crippen molar-refractivity contribution in [3.05, 3.63) is 0 Å². The predicted octanol–water partition coefficient (Wildman–Crippen LogP) is -2.61. The maximum atomic E-state index is 9.63. The minimum absolute atomic E-state index is 0. The Bertz CT molecular complexity index is 220. The van der Waals surface area contributed by atoms with E-state index in [4.69, 9.17) is 28.5 Å². The van der Waals surface area contributed by atoms with Crippen molar-refractivity contribution < 1.29 is 41.9 Å². The molecule has 9 nitrogen and oxygen atoms in total. The zero-order valence-corrected chi connectivity index (χ0v) is 8.01. The second kappa shape index (κ2) is 7.96. The maximum absolute atomic E-state index is 9.63. The van der Waals surface area contributed by atoms with Gasteiger partial charge in [-0.15, -0.1) is 0 Å². The van der Waals surface area contributed by atoms with Crippen LogP contribution in [0.4, 0.5) is 0 Å². The van der Waals surface area contributed by atoms with Gasteiger partial charge in [-0.1, -0.05) is 0 Å². The van der Waals surface area contributed by atoms with Crippen molar-refractivity contribution >= 4 is 42.3 Å². The first-order chi connectivity index (χ1) is 5.12. The number of hydrogen-bond acceptors (Lipinski definition) is 5. The third-order valence-electron chi connectivity index (χ3n) is 0.213. The fraction of sp³-hybridized carbons (Fsp3) is 0. The molecular weight excluding hydrogens is 261 g/mol. The normalized spacial score (nSPS) is 10.2. The van der Waals surface area contributed by atoms with Crippen LogP contribution in [0, 0.1) is 0 Å². The Balaban J connectivity index is -0.000000220. The summed E-state index contributed by atoms with van der Waals surface area (Å²) >= 11 is 0. The van der Waals surface area contributed by atoms with Crippen molar-refractivity contribution in [2.75, 3.05) is 0 Å². The molecule has 78 valence electrons. The molecule has 0 fully saturated rings. The Morgan fingerprint density at radius 3 is 1.08 bits per heavy atom. The van der Waals surface area contributed by atoms with Gasteiger partial charge in [0, 0.05) is 0 Å². The lowest BCUT2D eigenvalue weighted by Gasteiger charge is -2.03. The first-order valence-electron chi connectivity index (χ1n) is 1.94. The molecule has 0 rings (SSSR count). The summed E-state index contributed by atoms with van der Waals surface area (Å²) in [6.07, 6.45) is 0. The topological polar surface area (TPSA) is 158 Å². The smallest absolute Gasteiger partial charge is 0.302 e. The van der Waals surface area contributed by atoms with Gasteiger partial charge in [-0.2, -0.15) is 4.31 Å². The van der Waals surface area contributed by atoms with Crippen molar-refractivity contribution in [3.8, 4) is 0 Å². The summed E-state index contributed by atoms with van der Waals surface area (Å²) in [7, 11) is -11.5. The molecule has 0 bridgehead atoms. The molecule has 0 amide bonds. The quantitative estimate of drug-likeness (QED) is 0.310. The molecular formula is H7AlO9P2Si. The predicted molar refractivity (Wildman–Crippen MR) is 42.2 cm³/mol. The Morgan fingerprint density at radius 2 is 1.08 bits per heavy atom. The Hall–Kier alpha value is 0.609. The Labute approximate surface area is 84.7 Å². The Kier molecular flexibility index (Phi) is 11.8. The molecule has 0 aromatic heterocycles. The summed E-state index contributed by atoms with van der Waals surface area (Å²) in [4.78, 5) is 31.0. The van der Waals surface area contributed by atoms with Crippen LogP contribution in [0.5, 0.6) is 0 Å². The highest BCUT2D eigenvalue weighted by molar-refractivity contribution is 7.60. The lowest BCUT2D eigenvalue weighted by atomic mass is 15.7. The molecule has 0 aliphatic carbocycles. The molecule has 13 heteroatoms. The van der Waals surface area contributed by atoms with Crippen LogP contribution in [-0.4, -0.2) is 46.2 Å². The summed E-state index contributed by atoms with van der Waals surface area (Å²) in [5.74, 6) is 0. The van der Waals surface area contributed by atoms with Crippen molar-refractivity contribution in [2.24, 2.45) is 0 Å². The van der Waals surface area contributed by atoms with Crippen LogP contribution in [-0.2, 0) is 22.4 Å². The Morgan fingerprint density at radius 1 is 0.923 bits per heavy atom. The van der Waals surface area contributed by atoms with Gasteiger partial charge in [0.2, 0.25) is 0 Å². The van der Waals surface area contributed by atoms with Crippen molar-refractivity contribution in [3.63, 3.8) is 0 Å². The lowest BCUT2D eigenvalue weighted by molar-refractivity contribution is 0.225. The number of rotatable bonds is 2. The summed E-state index contributed by atoms with van der Waals surface area (Å²) in [6, 6.07) is 0. The van der Waals surface area contributed by atoms with E-state index in [2.05, 4.69) is 4.31 Å². The van der Waals surface area contributed by atoms with Crippen LogP contribution in [0.25, 0.3) is 0 Å². The van der Waals surface area contributed by atoms with E-state index >= 15 is 0 Å². The van der Waals surface area contributed by atoms with Gasteiger partial charge >= 0.3 is 24.9 Å². The van der Waals surface area contributed by atoms with E-state index in [1.807, 2.05) is 0 Å². The SMILES string of the molecule is O=P(O)(O)OP(=O)(O)O.O=[Si]=O.[AlH3]. The molecule has 0 radical (unpaired) electrons. The third kappa shape index (κ3) is 32.5. The van der Waals surface area contributed by atoms with Crippen LogP contribution in [0.3, 0.4) is 0 Å². The van der Waals surface area contributed by atoms with Crippen molar-refractivity contribution in [2.45, 2.75) is 0 Å². The van der Waals surface area contributed by atoms with Crippen molar-refractivity contribution in [1.29, 1.82) is 0 Å². The maximum Gasteiger partial charge on any atom is 0.549 e. The number of phosphoric acid groups is 2. The van der Waals surface area contributed by atoms with E-state index in [1.165, 1.54) is 0 Å². The fourth-order valence-corrected chi connectivity index (χ4v) is 1.25. The molecule has 0 saturated heterocycles. The molecule has 13 heavy (non-hydrogen) atoms. The molecule has 0 aliphatic rings. The van der Waals surface area contributed by atoms with E-state index in [9.17, 15) is 9.13 Å². The van der Waals surface area contributed by atoms with Gasteiger partial charge in [0.05, 0.1) is 0 Å². The standard InChI is InChI=1S/Al.H4O7P2.O2Si.3H/c;1-8(2,3)7-9(4,5)6;1-3-2;;;/h;(H2,1,2,3)(H2,4,5,6);;;;. The number of hydrogen-bond donors (Lipinski definition) is 4. The van der Waals surface area contributed by atoms with E-state index < -0.39 is 24.9 Å². The highest BCUT2D eigenvalue weighted by Crippen LogP contribution is 2.53. The van der Waals surface area contributed by atoms with Crippen LogP contribution in [0.1, 0.15) is 0 Å². The van der Waals surface area contributed by atoms with E-state index in [-0.39, 0.29) is 17.4 Å². The van der Waals surface area contributed by atoms with Crippen LogP contribution < -0.4 is 0 Å². The average Bonchev–Trinajstić information content (AvgIpc) is 1.53. The van der Waals surface area contributed by atoms with Gasteiger partial charge in [0.15, 0.2) is 17.4 Å². The minimum atomic E-state index is -5.05. The molecule has 0 spiro atoms. The summed E-state index contributed by atoms with van der Waals surface area (Å²) < 4.78 is 39.0. The summed E-state index contributed by atoms with van der Waals surface area (Å²) in [5.41, 5.74) is 0. The van der Waals surface area contributed by atoms with Crippen molar-refractivity contribution in [1.82, 2.24) is 0 Å². The summed E-state index contributed by atoms with van der Waals surface area (Å²) in [5, 5.41) is 0. The third-order valence-corrected chi connectivity index (χ3v) is 1.91. The van der Waals surface area contributed by atoms with Gasteiger partial charge in [0.25, 0.3) is 0 Å². The molecule has 0 aromatic carbocycles. The lowest BCUT2D eigenvalue weighted by Crippen LogP contribution is -1.84. The highest BCUT2D eigenvalue weighted by Gasteiger charge is 2.27. The molecule has 0 unspecified atom stereocenters. The average molecular weight is 268 g/mol. The van der Waals surface area contributed by atoms with Crippen LogP contribution in [0.2, 0.25) is 0 Å². The summed E-state index contributed by atoms with van der Waals surface area (Å²) in [6.45, 7) is 0. The fourth-order valence-electron chi connectivity index (χ4n) is 0.139. The van der Waals surface area contributed by atoms with Gasteiger partial charge < -0.3 is 19.6 Å². The molecule has 4 N–H and O–H groups in total. The molecule has 0 aliphatic heterocycles. The van der Waals surface area contributed by atoms with E-state index in [1.54, 1.807) is 0 Å². The molecule has 0 atom stereocenters. The van der Waals surface area contributed by atoms with Crippen LogP contribution >= 0.6 is 15.6 Å². The molecule has 0 aromatic rings. The van der Waals surface area contributed by atoms with Crippen LogP contribution in [0.15, 0.2) is 0 Å². The van der Waals surface area contributed by atoms with Gasteiger partial charge in [-0.05, 0) is 0 Å². The molecule has 0 heterocycles. The zero-order chi connectivity index (χ0) is 10.4. The van der Waals surface area contributed by atoms with Gasteiger partial charge in [0.1, 0.15) is 0 Å². The second-order valence-corrected chi connectivity index (χ2v) is 3.93.